The molecule has 1 saturated heterocycles. The molecule has 0 unspecified atom stereocenters. The van der Waals surface area contributed by atoms with Gasteiger partial charge in [-0.2, -0.15) is 0 Å². The summed E-state index contributed by atoms with van der Waals surface area (Å²) in [6.07, 6.45) is -5.70. The number of esters is 1. The van der Waals surface area contributed by atoms with E-state index in [4.69, 9.17) is 18.9 Å². The van der Waals surface area contributed by atoms with E-state index in [9.17, 15) is 49.5 Å². The third-order valence-corrected chi connectivity index (χ3v) is 7.99. The summed E-state index contributed by atoms with van der Waals surface area (Å²) in [4.78, 5) is 65.0. The van der Waals surface area contributed by atoms with Gasteiger partial charge in [0.2, 0.25) is 34.8 Å². The van der Waals surface area contributed by atoms with E-state index < -0.39 is 87.5 Å². The third-order valence-electron chi connectivity index (χ3n) is 7.99. The minimum atomic E-state index is -3.51. The van der Waals surface area contributed by atoms with Gasteiger partial charge in [-0.25, -0.2) is 4.79 Å². The number of hydrogen-bond donors (Lipinski definition) is 5. The molecule has 5 rings (SSSR count). The number of ether oxygens (including phenoxy) is 4. The predicted molar refractivity (Wildman–Crippen MR) is 137 cm³/mol. The maximum Gasteiger partial charge on any atom is 0.341 e. The number of aromatic hydroxyl groups is 1. The van der Waals surface area contributed by atoms with Crippen molar-refractivity contribution in [2.45, 2.75) is 56.1 Å². The fourth-order valence-corrected chi connectivity index (χ4v) is 5.75. The Labute approximate surface area is 236 Å². The fourth-order valence-electron chi connectivity index (χ4n) is 5.75. The van der Waals surface area contributed by atoms with Crippen LogP contribution in [0.1, 0.15) is 50.0 Å². The highest BCUT2D eigenvalue weighted by Crippen LogP contribution is 2.49. The molecule has 1 fully saturated rings. The van der Waals surface area contributed by atoms with Crippen LogP contribution in [0.5, 0.6) is 11.5 Å². The SMILES string of the molecule is COC(=O)c1c(O[C@H]2C[C@H](O)C(=O)[C@H](C)O2)cc2cc3c(c(O)c2c1C)C(=O)[C@]1(O)C(=O)C=C(OC)[C@@H](O)[C@]1(O)C3=O. The summed E-state index contributed by atoms with van der Waals surface area (Å²) in [7, 11) is 2.11. The first-order valence-corrected chi connectivity index (χ1v) is 12.6. The molecule has 222 valence electrons. The highest BCUT2D eigenvalue weighted by molar-refractivity contribution is 6.35. The Morgan fingerprint density at radius 1 is 1.07 bits per heavy atom. The lowest BCUT2D eigenvalue weighted by Crippen LogP contribution is -2.76. The highest BCUT2D eigenvalue weighted by Gasteiger charge is 2.73. The zero-order valence-corrected chi connectivity index (χ0v) is 22.7. The van der Waals surface area contributed by atoms with Crippen LogP contribution in [0.25, 0.3) is 10.8 Å². The van der Waals surface area contributed by atoms with E-state index >= 15 is 0 Å². The molecule has 14 nitrogen and oxygen atoms in total. The molecule has 2 aliphatic carbocycles. The van der Waals surface area contributed by atoms with Gasteiger partial charge < -0.3 is 44.5 Å². The standard InChI is InChI=1S/C28H26O14/c1-9-18-11(6-14(19(9)26(36)40-4)42-17-7-13(29)21(31)10(2)41-17)5-12-20(22(18)32)25(35)27(37)16(30)8-15(39-3)24(34)28(27,38)23(12)33/h5-6,8,10,13,17,24,29,32,34,37-38H,7H2,1-4H3/t10-,13-,17-,24+,27+,28+/m0/s1. The van der Waals surface area contributed by atoms with E-state index in [0.717, 1.165) is 20.3 Å². The van der Waals surface area contributed by atoms with Gasteiger partial charge in [0.15, 0.2) is 11.9 Å². The number of phenolic OH excluding ortho intramolecular Hbond substituents is 1. The molecule has 42 heavy (non-hydrogen) atoms. The van der Waals surface area contributed by atoms with Crippen molar-refractivity contribution in [3.63, 3.8) is 0 Å². The minimum Gasteiger partial charge on any atom is -0.507 e. The van der Waals surface area contributed by atoms with Gasteiger partial charge in [-0.05, 0) is 36.9 Å². The molecule has 5 N–H and O–H groups in total. The van der Waals surface area contributed by atoms with Crippen molar-refractivity contribution in [3.05, 3.63) is 46.2 Å². The number of phenols is 1. The number of ketones is 4. The number of Topliss-reactive ketones (excluding diaryl/α,β-unsaturated/α-hetero) is 3. The van der Waals surface area contributed by atoms with Crippen molar-refractivity contribution >= 4 is 39.9 Å². The number of carbonyl (C=O) groups is 5. The summed E-state index contributed by atoms with van der Waals surface area (Å²) in [5.41, 5.74) is -8.67. The van der Waals surface area contributed by atoms with Gasteiger partial charge in [0.25, 0.3) is 0 Å². The number of aryl methyl sites for hydroxylation is 1. The Morgan fingerprint density at radius 2 is 1.74 bits per heavy atom. The zero-order valence-electron chi connectivity index (χ0n) is 22.7. The number of fused-ring (bicyclic) bond motifs is 3. The van der Waals surface area contributed by atoms with Gasteiger partial charge in [-0.3, -0.25) is 19.2 Å². The van der Waals surface area contributed by atoms with E-state index in [-0.39, 0.29) is 34.1 Å². The second-order valence-corrected chi connectivity index (χ2v) is 10.2. The molecular formula is C28H26O14. The van der Waals surface area contributed by atoms with Crippen LogP contribution < -0.4 is 4.74 Å². The molecule has 1 aliphatic heterocycles. The maximum absolute atomic E-state index is 13.7. The summed E-state index contributed by atoms with van der Waals surface area (Å²) in [6, 6.07) is 2.24. The molecule has 6 atom stereocenters. The Bertz CT molecular complexity index is 1630. The van der Waals surface area contributed by atoms with Crippen molar-refractivity contribution in [2.24, 2.45) is 0 Å². The van der Waals surface area contributed by atoms with Crippen molar-refractivity contribution < 1.29 is 68.5 Å². The average molecular weight is 587 g/mol. The number of rotatable bonds is 4. The highest BCUT2D eigenvalue weighted by atomic mass is 16.7. The van der Waals surface area contributed by atoms with Crippen LogP contribution in [0.15, 0.2) is 24.0 Å². The number of hydrogen-bond acceptors (Lipinski definition) is 14. The molecule has 0 bridgehead atoms. The van der Waals surface area contributed by atoms with Crippen LogP contribution in [-0.2, 0) is 23.8 Å². The monoisotopic (exact) mass is 586 g/mol. The van der Waals surface area contributed by atoms with E-state index in [1.807, 2.05) is 0 Å². The third kappa shape index (κ3) is 3.66. The first-order chi connectivity index (χ1) is 19.6. The second kappa shape index (κ2) is 9.68. The topological polar surface area (TPSA) is 223 Å². The molecule has 2 aromatic rings. The lowest BCUT2D eigenvalue weighted by Gasteiger charge is -2.47. The summed E-state index contributed by atoms with van der Waals surface area (Å²) < 4.78 is 21.1. The smallest absolute Gasteiger partial charge is 0.341 e. The van der Waals surface area contributed by atoms with Crippen molar-refractivity contribution in [2.75, 3.05) is 14.2 Å². The molecule has 0 amide bonds. The normalized spacial score (nSPS) is 30.9. The number of aliphatic hydroxyl groups is 4. The lowest BCUT2D eigenvalue weighted by atomic mass is 9.60. The van der Waals surface area contributed by atoms with Crippen molar-refractivity contribution in [3.8, 4) is 11.5 Å². The van der Waals surface area contributed by atoms with E-state index in [1.165, 1.54) is 19.9 Å². The summed E-state index contributed by atoms with van der Waals surface area (Å²) in [6.45, 7) is 2.76. The fraction of sp³-hybridized carbons (Fsp3) is 0.393. The molecule has 2 aromatic carbocycles. The van der Waals surface area contributed by atoms with Crippen LogP contribution in [0.3, 0.4) is 0 Å². The summed E-state index contributed by atoms with van der Waals surface area (Å²) in [5, 5.41) is 54.5. The Hall–Kier alpha value is -4.21. The molecular weight excluding hydrogens is 560 g/mol. The van der Waals surface area contributed by atoms with Gasteiger partial charge >= 0.3 is 5.97 Å². The summed E-state index contributed by atoms with van der Waals surface area (Å²) >= 11 is 0. The second-order valence-electron chi connectivity index (χ2n) is 10.2. The average Bonchev–Trinajstić information content (AvgIpc) is 2.94. The molecule has 1 heterocycles. The van der Waals surface area contributed by atoms with Gasteiger partial charge in [-0.15, -0.1) is 0 Å². The maximum atomic E-state index is 13.7. The number of benzene rings is 2. The van der Waals surface area contributed by atoms with Crippen LogP contribution >= 0.6 is 0 Å². The molecule has 14 heteroatoms. The van der Waals surface area contributed by atoms with E-state index in [0.29, 0.717) is 6.08 Å². The number of carbonyl (C=O) groups excluding carboxylic acids is 5. The molecule has 0 aromatic heterocycles. The molecule has 0 radical (unpaired) electrons. The molecule has 0 spiro atoms. The molecule has 3 aliphatic rings. The Kier molecular flexibility index (Phi) is 6.75. The zero-order chi connectivity index (χ0) is 31.0. The van der Waals surface area contributed by atoms with Gasteiger partial charge in [0, 0.05) is 23.4 Å². The first kappa shape index (κ1) is 29.3. The van der Waals surface area contributed by atoms with Gasteiger partial charge in [0.1, 0.15) is 35.0 Å². The summed E-state index contributed by atoms with van der Waals surface area (Å²) in [5.74, 6) is -7.71. The molecule has 0 saturated carbocycles. The van der Waals surface area contributed by atoms with Gasteiger partial charge in [0.05, 0.1) is 19.8 Å². The Morgan fingerprint density at radius 3 is 2.33 bits per heavy atom. The lowest BCUT2D eigenvalue weighted by molar-refractivity contribution is -0.182. The first-order valence-electron chi connectivity index (χ1n) is 12.6. The van der Waals surface area contributed by atoms with Crippen LogP contribution in [-0.4, -0.2) is 105 Å². The van der Waals surface area contributed by atoms with Crippen molar-refractivity contribution in [1.29, 1.82) is 0 Å². The number of aliphatic hydroxyl groups excluding tert-OH is 2. The quantitative estimate of drug-likeness (QED) is 0.223. The largest absolute Gasteiger partial charge is 0.507 e. The van der Waals surface area contributed by atoms with Crippen LogP contribution in [0.2, 0.25) is 0 Å². The Balaban J connectivity index is 1.75. The van der Waals surface area contributed by atoms with Crippen molar-refractivity contribution in [1.82, 2.24) is 0 Å². The number of methoxy groups -OCH3 is 2. The van der Waals surface area contributed by atoms with Crippen LogP contribution in [0, 0.1) is 6.92 Å². The van der Waals surface area contributed by atoms with E-state index in [2.05, 4.69) is 0 Å². The van der Waals surface area contributed by atoms with Gasteiger partial charge in [-0.1, -0.05) is 0 Å². The van der Waals surface area contributed by atoms with E-state index in [1.54, 1.807) is 0 Å². The van der Waals surface area contributed by atoms with Crippen LogP contribution in [0.4, 0.5) is 0 Å². The minimum absolute atomic E-state index is 0.0128. The predicted octanol–water partition coefficient (Wildman–Crippen LogP) is -0.601.